The molecule has 208 valence electrons. The maximum Gasteiger partial charge on any atom is 0.282 e. The molecule has 1 N–H and O–H groups in total. The Morgan fingerprint density at radius 1 is 1.18 bits per heavy atom. The summed E-state index contributed by atoms with van der Waals surface area (Å²) in [6.45, 7) is 3.93. The number of rotatable bonds is 11. The number of amides is 1. The molecular formula is C29H27BrFIN4O4. The second-order valence-electron chi connectivity index (χ2n) is 8.73. The van der Waals surface area contributed by atoms with Gasteiger partial charge in [-0.2, -0.15) is 9.78 Å². The molecule has 0 spiro atoms. The number of carbonyl (C=O) groups excluding carboxylic acids is 1. The Morgan fingerprint density at radius 3 is 2.73 bits per heavy atom. The van der Waals surface area contributed by atoms with E-state index in [2.05, 4.69) is 55.9 Å². The van der Waals surface area contributed by atoms with Crippen molar-refractivity contribution in [2.75, 3.05) is 18.5 Å². The number of aromatic nitrogens is 2. The first kappa shape index (κ1) is 29.7. The minimum absolute atomic E-state index is 0.0754. The Kier molecular flexibility index (Phi) is 10.3. The molecule has 4 aromatic rings. The van der Waals surface area contributed by atoms with Crippen molar-refractivity contribution < 1.29 is 18.7 Å². The highest BCUT2D eigenvalue weighted by Crippen LogP contribution is 2.34. The summed E-state index contributed by atoms with van der Waals surface area (Å²) < 4.78 is 28.2. The van der Waals surface area contributed by atoms with Gasteiger partial charge in [-0.25, -0.2) is 9.37 Å². The first-order chi connectivity index (χ1) is 19.3. The van der Waals surface area contributed by atoms with E-state index in [1.54, 1.807) is 36.5 Å². The van der Waals surface area contributed by atoms with Gasteiger partial charge in [0.25, 0.3) is 11.5 Å². The number of benzene rings is 3. The van der Waals surface area contributed by atoms with Gasteiger partial charge in [-0.3, -0.25) is 9.59 Å². The predicted molar refractivity (Wildman–Crippen MR) is 166 cm³/mol. The van der Waals surface area contributed by atoms with Crippen LogP contribution >= 0.6 is 38.5 Å². The van der Waals surface area contributed by atoms with E-state index in [4.69, 9.17) is 14.5 Å². The van der Waals surface area contributed by atoms with Crippen LogP contribution in [0.3, 0.4) is 0 Å². The van der Waals surface area contributed by atoms with Crippen LogP contribution in [0.4, 0.5) is 10.1 Å². The summed E-state index contributed by atoms with van der Waals surface area (Å²) >= 11 is 5.51. The minimum Gasteiger partial charge on any atom is -0.490 e. The molecule has 1 aromatic heterocycles. The number of nitrogens with zero attached hydrogens (tertiary/aromatic N) is 3. The third-order valence-electron chi connectivity index (χ3n) is 5.78. The first-order valence-electron chi connectivity index (χ1n) is 12.7. The fourth-order valence-electron chi connectivity index (χ4n) is 3.89. The number of halogens is 3. The molecule has 0 fully saturated rings. The van der Waals surface area contributed by atoms with E-state index >= 15 is 0 Å². The molecule has 0 saturated heterocycles. The number of nitrogens with one attached hydrogen (secondary N) is 1. The van der Waals surface area contributed by atoms with Crippen molar-refractivity contribution in [1.82, 2.24) is 9.66 Å². The van der Waals surface area contributed by atoms with Crippen LogP contribution in [0.1, 0.15) is 38.1 Å². The van der Waals surface area contributed by atoms with Gasteiger partial charge in [-0.15, -0.1) is 0 Å². The number of anilines is 1. The van der Waals surface area contributed by atoms with Crippen LogP contribution in [0.25, 0.3) is 10.9 Å². The molecule has 40 heavy (non-hydrogen) atoms. The zero-order valence-corrected chi connectivity index (χ0v) is 25.7. The van der Waals surface area contributed by atoms with Crippen molar-refractivity contribution in [3.63, 3.8) is 0 Å². The van der Waals surface area contributed by atoms with Crippen molar-refractivity contribution in [2.45, 2.75) is 33.1 Å². The highest BCUT2D eigenvalue weighted by Gasteiger charge is 2.16. The molecule has 11 heteroatoms. The van der Waals surface area contributed by atoms with E-state index in [9.17, 15) is 14.0 Å². The first-order valence-corrected chi connectivity index (χ1v) is 14.6. The van der Waals surface area contributed by atoms with E-state index in [0.29, 0.717) is 50.4 Å². The molecular weight excluding hydrogens is 694 g/mol. The fourth-order valence-corrected chi connectivity index (χ4v) is 5.03. The Morgan fingerprint density at radius 2 is 1.98 bits per heavy atom. The summed E-state index contributed by atoms with van der Waals surface area (Å²) in [7, 11) is 0. The second-order valence-corrected chi connectivity index (χ2v) is 10.8. The van der Waals surface area contributed by atoms with Gasteiger partial charge in [-0.05, 0) is 84.0 Å². The van der Waals surface area contributed by atoms with Crippen LogP contribution in [0.5, 0.6) is 11.5 Å². The molecule has 0 aliphatic rings. The Balaban J connectivity index is 1.61. The van der Waals surface area contributed by atoms with Crippen LogP contribution in [0, 0.1) is 9.39 Å². The minimum atomic E-state index is -0.532. The molecule has 1 amide bonds. The van der Waals surface area contributed by atoms with Crippen LogP contribution in [-0.4, -0.2) is 35.0 Å². The largest absolute Gasteiger partial charge is 0.490 e. The summed E-state index contributed by atoms with van der Waals surface area (Å²) in [5, 5.41) is 7.48. The van der Waals surface area contributed by atoms with E-state index in [1.807, 2.05) is 19.1 Å². The number of aryl methyl sites for hydroxylation is 1. The van der Waals surface area contributed by atoms with Crippen molar-refractivity contribution in [2.24, 2.45) is 5.10 Å². The Hall–Kier alpha value is -3.32. The normalized spacial score (nSPS) is 11.2. The molecule has 0 unspecified atom stereocenters. The van der Waals surface area contributed by atoms with Gasteiger partial charge in [0.05, 0.1) is 33.0 Å². The van der Waals surface area contributed by atoms with Gasteiger partial charge in [0.1, 0.15) is 11.6 Å². The molecule has 0 radical (unpaired) electrons. The van der Waals surface area contributed by atoms with Gasteiger partial charge >= 0.3 is 0 Å². The van der Waals surface area contributed by atoms with E-state index < -0.39 is 11.7 Å². The summed E-state index contributed by atoms with van der Waals surface area (Å²) in [5.41, 5.74) is 1.11. The third-order valence-corrected chi connectivity index (χ3v) is 7.07. The molecule has 8 nitrogen and oxygen atoms in total. The number of carbonyl (C=O) groups is 1. The molecule has 0 aliphatic carbocycles. The molecule has 0 atom stereocenters. The maximum atomic E-state index is 13.9. The number of para-hydroxylation sites is 1. The van der Waals surface area contributed by atoms with Crippen molar-refractivity contribution in [3.8, 4) is 11.5 Å². The summed E-state index contributed by atoms with van der Waals surface area (Å²) in [6.07, 6.45) is 4.00. The van der Waals surface area contributed by atoms with Crippen LogP contribution in [-0.2, 0) is 11.2 Å². The van der Waals surface area contributed by atoms with Crippen molar-refractivity contribution in [3.05, 3.63) is 90.2 Å². The Bertz CT molecular complexity index is 1630. The van der Waals surface area contributed by atoms with Gasteiger partial charge in [0.2, 0.25) is 0 Å². The predicted octanol–water partition coefficient (Wildman–Crippen LogP) is 6.54. The number of ether oxygens (including phenoxy) is 2. The molecule has 1 heterocycles. The van der Waals surface area contributed by atoms with Gasteiger partial charge in [0.15, 0.2) is 18.1 Å². The Labute approximate surface area is 252 Å². The number of fused-ring (bicyclic) bond motifs is 1. The zero-order valence-electron chi connectivity index (χ0n) is 21.9. The number of hydrogen-bond acceptors (Lipinski definition) is 6. The monoisotopic (exact) mass is 720 g/mol. The number of hydrogen-bond donors (Lipinski definition) is 1. The van der Waals surface area contributed by atoms with Crippen molar-refractivity contribution in [1.29, 1.82) is 0 Å². The molecule has 0 saturated carbocycles. The SMILES string of the molecule is CCCCc1nc2ccc(Br)cc2c(=O)n1N=Cc1cc(I)c(OCC(=O)Nc2ccccc2F)c(OCC)c1. The highest BCUT2D eigenvalue weighted by atomic mass is 127. The fraction of sp³-hybridized carbons (Fsp3) is 0.241. The third kappa shape index (κ3) is 7.25. The van der Waals surface area contributed by atoms with Crippen LogP contribution in [0.2, 0.25) is 0 Å². The molecule has 4 rings (SSSR count). The molecule has 0 aliphatic heterocycles. The topological polar surface area (TPSA) is 94.8 Å². The maximum absolute atomic E-state index is 13.9. The average Bonchev–Trinajstić information content (AvgIpc) is 2.93. The lowest BCUT2D eigenvalue weighted by molar-refractivity contribution is -0.118. The van der Waals surface area contributed by atoms with E-state index in [1.165, 1.54) is 16.8 Å². The van der Waals surface area contributed by atoms with E-state index in [-0.39, 0.29) is 17.9 Å². The van der Waals surface area contributed by atoms with Crippen LogP contribution in [0.15, 0.2) is 69.0 Å². The molecule has 3 aromatic carbocycles. The zero-order chi connectivity index (χ0) is 28.6. The number of unbranched alkanes of at least 4 members (excludes halogenated alkanes) is 1. The van der Waals surface area contributed by atoms with Gasteiger partial charge < -0.3 is 14.8 Å². The van der Waals surface area contributed by atoms with Crippen LogP contribution < -0.4 is 20.3 Å². The quantitative estimate of drug-likeness (QED) is 0.140. The smallest absolute Gasteiger partial charge is 0.282 e. The highest BCUT2D eigenvalue weighted by molar-refractivity contribution is 14.1. The van der Waals surface area contributed by atoms with Gasteiger partial charge in [-0.1, -0.05) is 41.4 Å². The second kappa shape index (κ2) is 13.8. The molecule has 0 bridgehead atoms. The van der Waals surface area contributed by atoms with Crippen molar-refractivity contribution >= 4 is 67.2 Å². The average molecular weight is 721 g/mol. The lowest BCUT2D eigenvalue weighted by atomic mass is 10.2. The van der Waals surface area contributed by atoms with Gasteiger partial charge in [0, 0.05) is 10.9 Å². The van der Waals surface area contributed by atoms with E-state index in [0.717, 1.165) is 17.3 Å². The summed E-state index contributed by atoms with van der Waals surface area (Å²) in [6, 6.07) is 14.8. The lowest BCUT2D eigenvalue weighted by Crippen LogP contribution is -2.22. The summed E-state index contributed by atoms with van der Waals surface area (Å²) in [5.74, 6) is 0.326. The standard InChI is InChI=1S/C29H27BrFIN4O4/c1-3-5-10-26-34-23-12-11-19(30)15-20(23)29(38)36(26)33-16-18-13-22(32)28(25(14-18)39-4-2)40-17-27(37)35-24-9-7-6-8-21(24)31/h6-9,11-16H,3-5,10,17H2,1-2H3,(H,35,37). The summed E-state index contributed by atoms with van der Waals surface area (Å²) in [4.78, 5) is 30.5. The lowest BCUT2D eigenvalue weighted by Gasteiger charge is -2.15.